The molecule has 2 aromatic carbocycles. The van der Waals surface area contributed by atoms with Crippen LogP contribution in [0.4, 0.5) is 5.69 Å². The van der Waals surface area contributed by atoms with E-state index in [-0.39, 0.29) is 29.9 Å². The molecule has 0 aliphatic carbocycles. The summed E-state index contributed by atoms with van der Waals surface area (Å²) < 4.78 is 10.7. The summed E-state index contributed by atoms with van der Waals surface area (Å²) >= 11 is 8.50. The number of para-hydroxylation sites is 1. The monoisotopic (exact) mass is 530 g/mol. The Kier molecular flexibility index (Phi) is 6.43. The lowest BCUT2D eigenvalue weighted by Crippen LogP contribution is -2.32. The molecule has 1 N–H and O–H groups in total. The van der Waals surface area contributed by atoms with Gasteiger partial charge in [-0.25, -0.2) is 9.69 Å². The maximum atomic E-state index is 13.8. The summed E-state index contributed by atoms with van der Waals surface area (Å²) in [5, 5.41) is 0.181. The summed E-state index contributed by atoms with van der Waals surface area (Å²) in [6.07, 6.45) is 0. The number of H-pyrrole nitrogens is 1. The number of anilines is 1. The summed E-state index contributed by atoms with van der Waals surface area (Å²) in [6, 6.07) is 13.6. The number of carbonyl (C=O) groups is 3. The van der Waals surface area contributed by atoms with Gasteiger partial charge in [0.25, 0.3) is 0 Å². The molecule has 3 heterocycles. The molecule has 2 unspecified atom stereocenters. The summed E-state index contributed by atoms with van der Waals surface area (Å²) in [7, 11) is 0. The lowest BCUT2D eigenvalue weighted by atomic mass is 9.82. The van der Waals surface area contributed by atoms with Crippen LogP contribution >= 0.6 is 34.7 Å². The molecular formula is C24H19ClN2O6S2. The third kappa shape index (κ3) is 4.26. The molecule has 180 valence electrons. The van der Waals surface area contributed by atoms with Crippen molar-refractivity contribution in [2.24, 2.45) is 5.92 Å². The molecule has 0 spiro atoms. The fourth-order valence-electron chi connectivity index (χ4n) is 4.42. The first kappa shape index (κ1) is 23.7. The molecule has 11 heteroatoms. The minimum absolute atomic E-state index is 0.214. The number of aromatic amines is 1. The smallest absolute Gasteiger partial charge is 0.344 e. The number of thiazole rings is 1. The SMILES string of the molecule is CCOC(=O)COc1ccc(Cl)cc1[C@H]1c2sc(=O)[nH]c2SC2C(=O)N(c3ccccc3)C(=O)C21. The zero-order valence-electron chi connectivity index (χ0n) is 18.4. The molecule has 1 fully saturated rings. The van der Waals surface area contributed by atoms with Gasteiger partial charge in [0.05, 0.1) is 23.2 Å². The first-order chi connectivity index (χ1) is 16.9. The highest BCUT2D eigenvalue weighted by atomic mass is 35.5. The number of hydrogen-bond acceptors (Lipinski definition) is 8. The van der Waals surface area contributed by atoms with Crippen molar-refractivity contribution in [3.8, 4) is 5.75 Å². The normalized spacial score (nSPS) is 21.0. The van der Waals surface area contributed by atoms with Crippen LogP contribution in [0.2, 0.25) is 5.02 Å². The van der Waals surface area contributed by atoms with Gasteiger partial charge in [0.1, 0.15) is 11.0 Å². The number of fused-ring (bicyclic) bond motifs is 2. The van der Waals surface area contributed by atoms with E-state index >= 15 is 0 Å². The van der Waals surface area contributed by atoms with Crippen LogP contribution in [0, 0.1) is 5.92 Å². The first-order valence-electron chi connectivity index (χ1n) is 10.8. The van der Waals surface area contributed by atoms with Gasteiger partial charge in [-0.1, -0.05) is 52.9 Å². The molecule has 1 saturated heterocycles. The maximum absolute atomic E-state index is 13.8. The fourth-order valence-corrected chi connectivity index (χ4v) is 7.10. The molecule has 0 bridgehead atoms. The van der Waals surface area contributed by atoms with Crippen LogP contribution < -0.4 is 14.5 Å². The van der Waals surface area contributed by atoms with E-state index < -0.39 is 23.1 Å². The van der Waals surface area contributed by atoms with Crippen molar-refractivity contribution in [2.45, 2.75) is 23.1 Å². The van der Waals surface area contributed by atoms with Crippen molar-refractivity contribution in [1.29, 1.82) is 0 Å². The predicted molar refractivity (Wildman–Crippen MR) is 132 cm³/mol. The van der Waals surface area contributed by atoms with Gasteiger partial charge in [0.15, 0.2) is 6.61 Å². The largest absolute Gasteiger partial charge is 0.482 e. The quantitative estimate of drug-likeness (QED) is 0.381. The zero-order chi connectivity index (χ0) is 24.7. The number of carbonyl (C=O) groups excluding carboxylic acids is 3. The number of hydrogen-bond donors (Lipinski definition) is 1. The topological polar surface area (TPSA) is 106 Å². The van der Waals surface area contributed by atoms with Gasteiger partial charge >= 0.3 is 10.8 Å². The second-order valence-corrected chi connectivity index (χ2v) is 10.5. The molecule has 8 nitrogen and oxygen atoms in total. The minimum Gasteiger partial charge on any atom is -0.482 e. The Morgan fingerprint density at radius 3 is 2.63 bits per heavy atom. The molecule has 2 aliphatic heterocycles. The Morgan fingerprint density at radius 2 is 1.89 bits per heavy atom. The molecule has 2 aliphatic rings. The third-order valence-electron chi connectivity index (χ3n) is 5.80. The highest BCUT2D eigenvalue weighted by Crippen LogP contribution is 2.54. The molecular weight excluding hydrogens is 512 g/mol. The van der Waals surface area contributed by atoms with Crippen molar-refractivity contribution in [1.82, 2.24) is 4.98 Å². The van der Waals surface area contributed by atoms with Gasteiger partial charge in [-0.2, -0.15) is 0 Å². The van der Waals surface area contributed by atoms with Gasteiger partial charge in [-0.15, -0.1) is 0 Å². The highest BCUT2D eigenvalue weighted by molar-refractivity contribution is 8.00. The number of thioether (sulfide) groups is 1. The van der Waals surface area contributed by atoms with E-state index in [4.69, 9.17) is 21.1 Å². The number of esters is 1. The Hall–Kier alpha value is -3.08. The van der Waals surface area contributed by atoms with Gasteiger partial charge < -0.3 is 14.5 Å². The standard InChI is InChI=1S/C24H19ClN2O6S2/c1-2-32-16(28)11-33-15-9-8-12(25)10-14(15)17-18-20(34-21-19(17)35-24(31)26-21)23(30)27(22(18)29)13-6-4-3-5-7-13/h3-10,17-18,20H,2,11H2,1H3,(H,26,31)/t17-,18?,20?/m1/s1. The number of nitrogens with zero attached hydrogens (tertiary/aromatic N) is 1. The Labute approximate surface area is 213 Å². The molecule has 2 amide bonds. The van der Waals surface area contributed by atoms with Crippen LogP contribution in [0.5, 0.6) is 5.75 Å². The third-order valence-corrected chi connectivity index (χ3v) is 8.43. The number of rotatable bonds is 6. The van der Waals surface area contributed by atoms with Crippen LogP contribution in [0.25, 0.3) is 0 Å². The average Bonchev–Trinajstić information content (AvgIpc) is 3.33. The van der Waals surface area contributed by atoms with Crippen LogP contribution in [0.15, 0.2) is 58.4 Å². The summed E-state index contributed by atoms with van der Waals surface area (Å²) in [6.45, 7) is 1.57. The van der Waals surface area contributed by atoms with Crippen LogP contribution in [0.1, 0.15) is 23.3 Å². The molecule has 5 rings (SSSR count). The number of imide groups is 1. The minimum atomic E-state index is -0.796. The van der Waals surface area contributed by atoms with Crippen molar-refractivity contribution >= 4 is 58.2 Å². The second kappa shape index (κ2) is 9.52. The van der Waals surface area contributed by atoms with Crippen molar-refractivity contribution in [3.63, 3.8) is 0 Å². The van der Waals surface area contributed by atoms with E-state index in [1.165, 1.54) is 16.7 Å². The number of aromatic nitrogens is 1. The Balaban J connectivity index is 1.62. The van der Waals surface area contributed by atoms with Crippen LogP contribution in [0.3, 0.4) is 0 Å². The van der Waals surface area contributed by atoms with E-state index in [0.717, 1.165) is 11.3 Å². The molecule has 3 atom stereocenters. The molecule has 0 saturated carbocycles. The van der Waals surface area contributed by atoms with E-state index in [1.54, 1.807) is 55.5 Å². The van der Waals surface area contributed by atoms with Gasteiger partial charge in [0.2, 0.25) is 11.8 Å². The number of benzene rings is 2. The molecule has 35 heavy (non-hydrogen) atoms. The van der Waals surface area contributed by atoms with Crippen molar-refractivity contribution < 1.29 is 23.9 Å². The molecule has 1 aromatic heterocycles. The van der Waals surface area contributed by atoms with Gasteiger partial charge in [0, 0.05) is 21.4 Å². The van der Waals surface area contributed by atoms with Crippen LogP contribution in [-0.4, -0.2) is 41.2 Å². The van der Waals surface area contributed by atoms with E-state index in [1.807, 2.05) is 0 Å². The fraction of sp³-hybridized carbons (Fsp3) is 0.250. The zero-order valence-corrected chi connectivity index (χ0v) is 20.7. The van der Waals surface area contributed by atoms with E-state index in [0.29, 0.717) is 31.9 Å². The summed E-state index contributed by atoms with van der Waals surface area (Å²) in [5.74, 6) is -2.42. The van der Waals surface area contributed by atoms with E-state index in [9.17, 15) is 19.2 Å². The van der Waals surface area contributed by atoms with Gasteiger partial charge in [-0.05, 0) is 37.3 Å². The number of amides is 2. The average molecular weight is 531 g/mol. The first-order valence-corrected chi connectivity index (χ1v) is 12.9. The van der Waals surface area contributed by atoms with Crippen molar-refractivity contribution in [3.05, 3.63) is 73.7 Å². The maximum Gasteiger partial charge on any atom is 0.344 e. The lowest BCUT2D eigenvalue weighted by molar-refractivity contribution is -0.145. The Morgan fingerprint density at radius 1 is 1.11 bits per heavy atom. The Bertz CT molecular complexity index is 1370. The predicted octanol–water partition coefficient (Wildman–Crippen LogP) is 3.83. The number of halogens is 1. The molecule has 0 radical (unpaired) electrons. The van der Waals surface area contributed by atoms with Crippen molar-refractivity contribution in [2.75, 3.05) is 18.1 Å². The lowest BCUT2D eigenvalue weighted by Gasteiger charge is -2.31. The van der Waals surface area contributed by atoms with Gasteiger partial charge in [-0.3, -0.25) is 14.4 Å². The molecule has 3 aromatic rings. The number of nitrogens with one attached hydrogen (secondary N) is 1. The van der Waals surface area contributed by atoms with Crippen LogP contribution in [-0.2, 0) is 19.1 Å². The van der Waals surface area contributed by atoms with E-state index in [2.05, 4.69) is 4.98 Å². The second-order valence-electron chi connectivity index (χ2n) is 7.87. The highest BCUT2D eigenvalue weighted by Gasteiger charge is 2.56. The summed E-state index contributed by atoms with van der Waals surface area (Å²) in [4.78, 5) is 55.8. The summed E-state index contributed by atoms with van der Waals surface area (Å²) in [5.41, 5.74) is 1.00. The number of ether oxygens (including phenoxy) is 2.